The first-order valence-electron chi connectivity index (χ1n) is 5.44. The van der Waals surface area contributed by atoms with Gasteiger partial charge in [0.2, 0.25) is 5.95 Å². The molecule has 2 rings (SSSR count). The van der Waals surface area contributed by atoms with Crippen LogP contribution >= 0.6 is 34.9 Å². The molecule has 0 fully saturated rings. The predicted octanol–water partition coefficient (Wildman–Crippen LogP) is 2.54. The van der Waals surface area contributed by atoms with Crippen molar-refractivity contribution in [2.24, 2.45) is 0 Å². The van der Waals surface area contributed by atoms with E-state index in [1.54, 1.807) is 0 Å². The molecule has 0 aliphatic rings. The molecule has 2 aromatic rings. The van der Waals surface area contributed by atoms with Gasteiger partial charge in [0.1, 0.15) is 6.20 Å². The number of rotatable bonds is 6. The number of nitrogens with one attached hydrogen (secondary N) is 1. The number of hydrogen-bond donors (Lipinski definition) is 1. The van der Waals surface area contributed by atoms with Crippen LogP contribution in [0, 0.1) is 10.1 Å². The lowest BCUT2D eigenvalue weighted by Gasteiger charge is -2.03. The van der Waals surface area contributed by atoms with Gasteiger partial charge in [0.25, 0.3) is 0 Å². The van der Waals surface area contributed by atoms with Gasteiger partial charge in [-0.15, -0.1) is 10.2 Å². The number of anilines is 1. The van der Waals surface area contributed by atoms with E-state index >= 15 is 0 Å². The fourth-order valence-electron chi connectivity index (χ4n) is 1.21. The van der Waals surface area contributed by atoms with Gasteiger partial charge in [0, 0.05) is 6.54 Å². The van der Waals surface area contributed by atoms with Crippen LogP contribution in [0.1, 0.15) is 6.92 Å². The van der Waals surface area contributed by atoms with E-state index < -0.39 is 4.92 Å². The van der Waals surface area contributed by atoms with Crippen LogP contribution < -0.4 is 5.32 Å². The molecule has 0 aromatic carbocycles. The molecule has 2 heterocycles. The molecule has 0 unspecified atom stereocenters. The maximum Gasteiger partial charge on any atom is 0.320 e. The van der Waals surface area contributed by atoms with Gasteiger partial charge in [-0.1, -0.05) is 23.1 Å². The largest absolute Gasteiger partial charge is 0.354 e. The molecular formula is C9H10N6O2S3. The monoisotopic (exact) mass is 330 g/mol. The van der Waals surface area contributed by atoms with Crippen molar-refractivity contribution in [1.29, 1.82) is 0 Å². The van der Waals surface area contributed by atoms with Gasteiger partial charge in [-0.2, -0.15) is 4.98 Å². The molecule has 0 atom stereocenters. The van der Waals surface area contributed by atoms with Crippen LogP contribution in [0.15, 0.2) is 19.9 Å². The number of nitro groups is 1. The summed E-state index contributed by atoms with van der Waals surface area (Å²) < 4.78 is 1.41. The highest BCUT2D eigenvalue weighted by Crippen LogP contribution is 2.36. The average molecular weight is 330 g/mol. The van der Waals surface area contributed by atoms with Crippen molar-refractivity contribution in [3.63, 3.8) is 0 Å². The Hall–Kier alpha value is -1.46. The molecule has 0 amide bonds. The van der Waals surface area contributed by atoms with Gasteiger partial charge in [-0.3, -0.25) is 10.1 Å². The predicted molar refractivity (Wildman–Crippen MR) is 78.7 cm³/mol. The SMILES string of the molecule is CCNc1ncc([N+](=O)[O-])c(Sc2nnc(SC)s2)n1. The minimum Gasteiger partial charge on any atom is -0.354 e. The third kappa shape index (κ3) is 3.55. The van der Waals surface area contributed by atoms with Crippen molar-refractivity contribution in [1.82, 2.24) is 20.2 Å². The van der Waals surface area contributed by atoms with Crippen molar-refractivity contribution < 1.29 is 4.92 Å². The molecule has 0 spiro atoms. The summed E-state index contributed by atoms with van der Waals surface area (Å²) in [5.41, 5.74) is -0.141. The lowest BCUT2D eigenvalue weighted by atomic mass is 10.5. The van der Waals surface area contributed by atoms with Crippen molar-refractivity contribution in [2.45, 2.75) is 20.6 Å². The van der Waals surface area contributed by atoms with Crippen LogP contribution in [0.2, 0.25) is 0 Å². The molecule has 0 radical (unpaired) electrons. The van der Waals surface area contributed by atoms with Gasteiger partial charge in [0.05, 0.1) is 4.92 Å². The number of hydrogen-bond acceptors (Lipinski definition) is 10. The smallest absolute Gasteiger partial charge is 0.320 e. The molecule has 106 valence electrons. The Bertz CT molecular complexity index is 619. The summed E-state index contributed by atoms with van der Waals surface area (Å²) in [7, 11) is 0. The molecule has 0 aliphatic carbocycles. The van der Waals surface area contributed by atoms with Gasteiger partial charge in [0.15, 0.2) is 13.7 Å². The number of nitrogens with zero attached hydrogens (tertiary/aromatic N) is 5. The zero-order valence-electron chi connectivity index (χ0n) is 10.6. The third-order valence-electron chi connectivity index (χ3n) is 2.01. The van der Waals surface area contributed by atoms with Crippen molar-refractivity contribution in [3.8, 4) is 0 Å². The summed E-state index contributed by atoms with van der Waals surface area (Å²) >= 11 is 3.96. The van der Waals surface area contributed by atoms with Crippen LogP contribution in [-0.4, -0.2) is 37.9 Å². The maximum atomic E-state index is 11.0. The summed E-state index contributed by atoms with van der Waals surface area (Å²) in [6.45, 7) is 2.53. The molecule has 20 heavy (non-hydrogen) atoms. The fourth-order valence-corrected chi connectivity index (χ4v) is 3.62. The van der Waals surface area contributed by atoms with E-state index in [0.29, 0.717) is 16.8 Å². The third-order valence-corrected chi connectivity index (χ3v) is 4.96. The Morgan fingerprint density at radius 2 is 2.20 bits per heavy atom. The quantitative estimate of drug-likeness (QED) is 0.370. The Labute approximate surface area is 127 Å². The summed E-state index contributed by atoms with van der Waals surface area (Å²) in [4.78, 5) is 18.5. The topological polar surface area (TPSA) is 107 Å². The maximum absolute atomic E-state index is 11.0. The summed E-state index contributed by atoms with van der Waals surface area (Å²) in [5, 5.41) is 22.1. The lowest BCUT2D eigenvalue weighted by Crippen LogP contribution is -2.04. The molecule has 0 saturated heterocycles. The van der Waals surface area contributed by atoms with E-state index in [-0.39, 0.29) is 10.7 Å². The molecule has 0 saturated carbocycles. The number of thioether (sulfide) groups is 1. The normalized spacial score (nSPS) is 10.5. The van der Waals surface area contributed by atoms with E-state index in [2.05, 4.69) is 25.5 Å². The highest BCUT2D eigenvalue weighted by molar-refractivity contribution is 8.03. The van der Waals surface area contributed by atoms with E-state index in [1.165, 1.54) is 29.3 Å². The van der Waals surface area contributed by atoms with Crippen LogP contribution in [-0.2, 0) is 0 Å². The second-order valence-corrected chi connectivity index (χ2v) is 6.58. The van der Waals surface area contributed by atoms with Crippen LogP contribution in [0.5, 0.6) is 0 Å². The van der Waals surface area contributed by atoms with Gasteiger partial charge in [-0.25, -0.2) is 4.98 Å². The van der Waals surface area contributed by atoms with Crippen LogP contribution in [0.25, 0.3) is 0 Å². The molecule has 0 aliphatic heterocycles. The fraction of sp³-hybridized carbons (Fsp3) is 0.333. The number of aromatic nitrogens is 4. The minimum absolute atomic E-state index is 0.141. The van der Waals surface area contributed by atoms with Gasteiger partial charge in [-0.05, 0) is 24.9 Å². The van der Waals surface area contributed by atoms with E-state index in [9.17, 15) is 10.1 Å². The van der Waals surface area contributed by atoms with E-state index in [4.69, 9.17) is 0 Å². The second kappa shape index (κ2) is 6.81. The lowest BCUT2D eigenvalue weighted by molar-refractivity contribution is -0.388. The molecule has 1 N–H and O–H groups in total. The highest BCUT2D eigenvalue weighted by atomic mass is 32.2. The van der Waals surface area contributed by atoms with Crippen molar-refractivity contribution in [3.05, 3.63) is 16.3 Å². The Kier molecular flexibility index (Phi) is 5.09. The van der Waals surface area contributed by atoms with Crippen LogP contribution in [0.3, 0.4) is 0 Å². The molecule has 2 aromatic heterocycles. The summed E-state index contributed by atoms with van der Waals surface area (Å²) in [6, 6.07) is 0. The molecule has 0 bridgehead atoms. The first-order valence-corrected chi connectivity index (χ1v) is 8.30. The van der Waals surface area contributed by atoms with E-state index in [0.717, 1.165) is 16.1 Å². The van der Waals surface area contributed by atoms with Gasteiger partial charge >= 0.3 is 5.69 Å². The summed E-state index contributed by atoms with van der Waals surface area (Å²) in [6.07, 6.45) is 3.09. The first-order chi connectivity index (χ1) is 9.63. The second-order valence-electron chi connectivity index (χ2n) is 3.31. The Balaban J connectivity index is 2.31. The average Bonchev–Trinajstić information content (AvgIpc) is 2.87. The first kappa shape index (κ1) is 14.9. The van der Waals surface area contributed by atoms with Crippen LogP contribution in [0.4, 0.5) is 11.6 Å². The van der Waals surface area contributed by atoms with Gasteiger partial charge < -0.3 is 5.32 Å². The molecular weight excluding hydrogens is 320 g/mol. The molecule has 11 heteroatoms. The standard InChI is InChI=1S/C9H10N6O2S3/c1-3-10-7-11-4-5(15(16)17)6(12-7)19-9-14-13-8(18-2)20-9/h4H,3H2,1-2H3,(H,10,11,12). The van der Waals surface area contributed by atoms with Crippen molar-refractivity contribution in [2.75, 3.05) is 18.1 Å². The summed E-state index contributed by atoms with van der Waals surface area (Å²) in [5.74, 6) is 0.357. The Morgan fingerprint density at radius 1 is 1.45 bits per heavy atom. The Morgan fingerprint density at radius 3 is 2.80 bits per heavy atom. The zero-order chi connectivity index (χ0) is 14.5. The highest BCUT2D eigenvalue weighted by Gasteiger charge is 2.20. The molecule has 8 nitrogen and oxygen atoms in total. The zero-order valence-corrected chi connectivity index (χ0v) is 13.0. The van der Waals surface area contributed by atoms with E-state index in [1.807, 2.05) is 13.2 Å². The van der Waals surface area contributed by atoms with Crippen molar-refractivity contribution >= 4 is 46.5 Å². The minimum atomic E-state index is -0.505.